The Morgan fingerprint density at radius 1 is 1.31 bits per heavy atom. The zero-order chi connectivity index (χ0) is 11.5. The van der Waals surface area contributed by atoms with Crippen LogP contribution >= 0.6 is 15.9 Å². The molecule has 0 amide bonds. The third-order valence-corrected chi connectivity index (χ3v) is 4.13. The van der Waals surface area contributed by atoms with Crippen molar-refractivity contribution in [3.05, 3.63) is 34.1 Å². The van der Waals surface area contributed by atoms with Gasteiger partial charge in [-0.25, -0.2) is 4.39 Å². The van der Waals surface area contributed by atoms with Gasteiger partial charge in [-0.3, -0.25) is 0 Å². The van der Waals surface area contributed by atoms with Gasteiger partial charge in [-0.15, -0.1) is 0 Å². The van der Waals surface area contributed by atoms with E-state index < -0.39 is 0 Å². The molecule has 2 atom stereocenters. The minimum Gasteiger partial charge on any atom is -0.316 e. The van der Waals surface area contributed by atoms with Crippen LogP contribution in [0.4, 0.5) is 4.39 Å². The summed E-state index contributed by atoms with van der Waals surface area (Å²) in [5, 5.41) is 3.32. The van der Waals surface area contributed by atoms with Crippen molar-refractivity contribution in [1.29, 1.82) is 0 Å². The first-order chi connectivity index (χ1) is 7.74. The Kier molecular flexibility index (Phi) is 3.98. The lowest BCUT2D eigenvalue weighted by atomic mass is 9.80. The summed E-state index contributed by atoms with van der Waals surface area (Å²) in [5.41, 5.74) is 0.855. The Bertz CT molecular complexity index is 367. The van der Waals surface area contributed by atoms with Crippen LogP contribution in [-0.2, 0) is 0 Å². The van der Waals surface area contributed by atoms with E-state index in [0.717, 1.165) is 18.4 Å². The molecule has 2 unspecified atom stereocenters. The lowest BCUT2D eigenvalue weighted by molar-refractivity contribution is 0.337. The van der Waals surface area contributed by atoms with E-state index in [0.29, 0.717) is 16.4 Å². The van der Waals surface area contributed by atoms with Gasteiger partial charge in [-0.2, -0.15) is 0 Å². The smallest absolute Gasteiger partial charge is 0.140 e. The van der Waals surface area contributed by atoms with E-state index in [4.69, 9.17) is 0 Å². The van der Waals surface area contributed by atoms with Crippen molar-refractivity contribution in [3.8, 4) is 0 Å². The second-order valence-corrected chi connectivity index (χ2v) is 5.28. The molecule has 0 spiro atoms. The highest BCUT2D eigenvalue weighted by molar-refractivity contribution is 9.10. The lowest BCUT2D eigenvalue weighted by Gasteiger charge is -2.32. The Morgan fingerprint density at radius 2 is 2.06 bits per heavy atom. The molecule has 1 nitrogen and oxygen atoms in total. The summed E-state index contributed by atoms with van der Waals surface area (Å²) >= 11 is 3.26. The fourth-order valence-corrected chi connectivity index (χ4v) is 3.04. The SMILES string of the molecule is CNC1CCCCC1c1cccc(Br)c1F. The van der Waals surface area contributed by atoms with Crippen molar-refractivity contribution >= 4 is 15.9 Å². The quantitative estimate of drug-likeness (QED) is 0.871. The monoisotopic (exact) mass is 285 g/mol. The fourth-order valence-electron chi connectivity index (χ4n) is 2.66. The molecule has 0 heterocycles. The molecule has 0 bridgehead atoms. The third-order valence-electron chi connectivity index (χ3n) is 3.52. The number of halogens is 2. The standard InChI is InChI=1S/C13H17BrFN/c1-16-12-8-3-2-5-9(12)10-6-4-7-11(14)13(10)15/h4,6-7,9,12,16H,2-3,5,8H2,1H3. The summed E-state index contributed by atoms with van der Waals surface area (Å²) in [6.45, 7) is 0. The molecule has 0 aliphatic heterocycles. The van der Waals surface area contributed by atoms with Gasteiger partial charge >= 0.3 is 0 Å². The molecule has 0 saturated heterocycles. The number of nitrogens with one attached hydrogen (secondary N) is 1. The van der Waals surface area contributed by atoms with Crippen LogP contribution in [0.2, 0.25) is 0 Å². The molecule has 2 rings (SSSR count). The van der Waals surface area contributed by atoms with Gasteiger partial charge in [0, 0.05) is 12.0 Å². The first-order valence-electron chi connectivity index (χ1n) is 5.85. The molecule has 88 valence electrons. The summed E-state index contributed by atoms with van der Waals surface area (Å²) in [7, 11) is 1.97. The van der Waals surface area contributed by atoms with Crippen molar-refractivity contribution in [1.82, 2.24) is 5.32 Å². The zero-order valence-corrected chi connectivity index (χ0v) is 11.1. The summed E-state index contributed by atoms with van der Waals surface area (Å²) in [6.07, 6.45) is 4.68. The Labute approximate surface area is 105 Å². The maximum atomic E-state index is 14.0. The summed E-state index contributed by atoms with van der Waals surface area (Å²) in [5.74, 6) is 0.228. The van der Waals surface area contributed by atoms with Crippen LogP contribution in [0.25, 0.3) is 0 Å². The molecular formula is C13H17BrFN. The predicted octanol–water partition coefficient (Wildman–Crippen LogP) is 3.83. The van der Waals surface area contributed by atoms with Crippen LogP contribution in [-0.4, -0.2) is 13.1 Å². The van der Waals surface area contributed by atoms with Gasteiger partial charge in [-0.1, -0.05) is 25.0 Å². The van der Waals surface area contributed by atoms with Crippen molar-refractivity contribution < 1.29 is 4.39 Å². The largest absolute Gasteiger partial charge is 0.316 e. The van der Waals surface area contributed by atoms with Crippen LogP contribution in [0, 0.1) is 5.82 Å². The number of hydrogen-bond donors (Lipinski definition) is 1. The molecule has 3 heteroatoms. The number of rotatable bonds is 2. The fraction of sp³-hybridized carbons (Fsp3) is 0.538. The van der Waals surface area contributed by atoms with Crippen LogP contribution in [0.15, 0.2) is 22.7 Å². The molecule has 1 aromatic rings. The highest BCUT2D eigenvalue weighted by atomic mass is 79.9. The molecular weight excluding hydrogens is 269 g/mol. The highest BCUT2D eigenvalue weighted by Crippen LogP contribution is 2.35. The van der Waals surface area contributed by atoms with Crippen LogP contribution in [0.5, 0.6) is 0 Å². The molecule has 1 aromatic carbocycles. The molecule has 1 fully saturated rings. The van der Waals surface area contributed by atoms with E-state index in [9.17, 15) is 4.39 Å². The minimum absolute atomic E-state index is 0.0883. The number of likely N-dealkylation sites (N-methyl/N-ethyl adjacent to an activating group) is 1. The normalized spacial score (nSPS) is 25.7. The van der Waals surface area contributed by atoms with Crippen molar-refractivity contribution in [2.75, 3.05) is 7.05 Å². The van der Waals surface area contributed by atoms with Crippen molar-refractivity contribution in [2.24, 2.45) is 0 Å². The van der Waals surface area contributed by atoms with E-state index in [1.54, 1.807) is 6.07 Å². The lowest BCUT2D eigenvalue weighted by Crippen LogP contribution is -2.35. The molecule has 1 N–H and O–H groups in total. The van der Waals surface area contributed by atoms with Gasteiger partial charge in [0.2, 0.25) is 0 Å². The minimum atomic E-state index is -0.0883. The summed E-state index contributed by atoms with van der Waals surface area (Å²) < 4.78 is 14.6. The maximum Gasteiger partial charge on any atom is 0.140 e. The van der Waals surface area contributed by atoms with Gasteiger partial charge in [-0.05, 0) is 47.4 Å². The first kappa shape index (κ1) is 12.1. The topological polar surface area (TPSA) is 12.0 Å². The molecule has 0 radical (unpaired) electrons. The van der Waals surface area contributed by atoms with Gasteiger partial charge in [0.05, 0.1) is 4.47 Å². The summed E-state index contributed by atoms with van der Waals surface area (Å²) in [4.78, 5) is 0. The van der Waals surface area contributed by atoms with E-state index in [2.05, 4.69) is 21.2 Å². The highest BCUT2D eigenvalue weighted by Gasteiger charge is 2.27. The molecule has 1 aliphatic carbocycles. The van der Waals surface area contributed by atoms with Gasteiger partial charge in [0.25, 0.3) is 0 Å². The average Bonchev–Trinajstić information content (AvgIpc) is 2.33. The first-order valence-corrected chi connectivity index (χ1v) is 6.64. The second kappa shape index (κ2) is 5.28. The second-order valence-electron chi connectivity index (χ2n) is 4.43. The van der Waals surface area contributed by atoms with Gasteiger partial charge in [0.1, 0.15) is 5.82 Å². The van der Waals surface area contributed by atoms with Crippen molar-refractivity contribution in [2.45, 2.75) is 37.6 Å². The predicted molar refractivity (Wildman–Crippen MR) is 68.2 cm³/mol. The van der Waals surface area contributed by atoms with Gasteiger partial charge < -0.3 is 5.32 Å². The molecule has 16 heavy (non-hydrogen) atoms. The third kappa shape index (κ3) is 2.30. The van der Waals surface area contributed by atoms with Crippen LogP contribution in [0.1, 0.15) is 37.2 Å². The van der Waals surface area contributed by atoms with E-state index in [-0.39, 0.29) is 5.82 Å². The Morgan fingerprint density at radius 3 is 2.81 bits per heavy atom. The number of hydrogen-bond acceptors (Lipinski definition) is 1. The molecule has 1 aliphatic rings. The Hall–Kier alpha value is -0.410. The number of benzene rings is 1. The van der Waals surface area contributed by atoms with E-state index in [1.807, 2.05) is 19.2 Å². The van der Waals surface area contributed by atoms with Crippen molar-refractivity contribution in [3.63, 3.8) is 0 Å². The van der Waals surface area contributed by atoms with Gasteiger partial charge in [0.15, 0.2) is 0 Å². The van der Waals surface area contributed by atoms with E-state index in [1.165, 1.54) is 12.8 Å². The Balaban J connectivity index is 2.30. The molecule has 1 saturated carbocycles. The average molecular weight is 286 g/mol. The van der Waals surface area contributed by atoms with Crippen LogP contribution < -0.4 is 5.32 Å². The van der Waals surface area contributed by atoms with E-state index >= 15 is 0 Å². The maximum absolute atomic E-state index is 14.0. The van der Waals surface area contributed by atoms with Crippen LogP contribution in [0.3, 0.4) is 0 Å². The molecule has 0 aromatic heterocycles. The zero-order valence-electron chi connectivity index (χ0n) is 9.47. The summed E-state index contributed by atoms with van der Waals surface area (Å²) in [6, 6.07) is 6.01.